The molecule has 1 fully saturated rings. The molecule has 1 aromatic heterocycles. The Kier molecular flexibility index (Phi) is 5.37. The quantitative estimate of drug-likeness (QED) is 0.668. The summed E-state index contributed by atoms with van der Waals surface area (Å²) in [5, 5.41) is 14.5. The lowest BCUT2D eigenvalue weighted by Crippen LogP contribution is -2.26. The molecule has 0 spiro atoms. The molecular weight excluding hydrogens is 274 g/mol. The van der Waals surface area contributed by atoms with Gasteiger partial charge in [0.1, 0.15) is 0 Å². The van der Waals surface area contributed by atoms with Crippen molar-refractivity contribution < 1.29 is 4.92 Å². The lowest BCUT2D eigenvalue weighted by Gasteiger charge is -2.21. The zero-order valence-corrected chi connectivity index (χ0v) is 12.8. The van der Waals surface area contributed by atoms with Gasteiger partial charge in [-0.2, -0.15) is 11.8 Å². The Balaban J connectivity index is 1.95. The third kappa shape index (κ3) is 3.70. The number of aromatic nitrogens is 1. The standard InChI is InChI=1S/C14H21N3O2S/c1-10-7-16-13(11(2)14(10)17(18)19)9-15-8-12-3-5-20-6-4-12/h7,12,15H,3-6,8-9H2,1-2H3. The van der Waals surface area contributed by atoms with E-state index in [0.717, 1.165) is 18.2 Å². The molecule has 1 aliphatic heterocycles. The van der Waals surface area contributed by atoms with Crippen LogP contribution in [0.5, 0.6) is 0 Å². The van der Waals surface area contributed by atoms with E-state index in [2.05, 4.69) is 10.3 Å². The molecule has 0 radical (unpaired) electrons. The Morgan fingerprint density at radius 1 is 1.45 bits per heavy atom. The molecule has 0 bridgehead atoms. The van der Waals surface area contributed by atoms with Crippen molar-refractivity contribution in [3.8, 4) is 0 Å². The van der Waals surface area contributed by atoms with Gasteiger partial charge in [0.25, 0.3) is 5.69 Å². The molecule has 6 heteroatoms. The van der Waals surface area contributed by atoms with Gasteiger partial charge in [-0.3, -0.25) is 15.1 Å². The van der Waals surface area contributed by atoms with Gasteiger partial charge in [0, 0.05) is 23.9 Å². The van der Waals surface area contributed by atoms with Crippen molar-refractivity contribution in [1.29, 1.82) is 0 Å². The van der Waals surface area contributed by atoms with E-state index in [4.69, 9.17) is 0 Å². The highest BCUT2D eigenvalue weighted by atomic mass is 32.2. The van der Waals surface area contributed by atoms with Crippen molar-refractivity contribution in [1.82, 2.24) is 10.3 Å². The van der Waals surface area contributed by atoms with Crippen molar-refractivity contribution in [2.75, 3.05) is 18.1 Å². The van der Waals surface area contributed by atoms with Crippen molar-refractivity contribution >= 4 is 17.4 Å². The number of hydrogen-bond acceptors (Lipinski definition) is 5. The lowest BCUT2D eigenvalue weighted by atomic mass is 10.0. The van der Waals surface area contributed by atoms with Crippen molar-refractivity contribution in [2.45, 2.75) is 33.2 Å². The summed E-state index contributed by atoms with van der Waals surface area (Å²) in [5.74, 6) is 3.23. The summed E-state index contributed by atoms with van der Waals surface area (Å²) in [5.41, 5.74) is 2.29. The fraction of sp³-hybridized carbons (Fsp3) is 0.643. The van der Waals surface area contributed by atoms with E-state index in [-0.39, 0.29) is 10.6 Å². The maximum Gasteiger partial charge on any atom is 0.278 e. The topological polar surface area (TPSA) is 68.1 Å². The van der Waals surface area contributed by atoms with Crippen LogP contribution in [0.2, 0.25) is 0 Å². The Hall–Kier alpha value is -1.14. The van der Waals surface area contributed by atoms with Crippen LogP contribution in [0.4, 0.5) is 5.69 Å². The Labute approximate surface area is 123 Å². The molecule has 0 atom stereocenters. The maximum atomic E-state index is 11.1. The van der Waals surface area contributed by atoms with Crippen LogP contribution in [0.25, 0.3) is 0 Å². The van der Waals surface area contributed by atoms with E-state index < -0.39 is 0 Å². The minimum absolute atomic E-state index is 0.200. The largest absolute Gasteiger partial charge is 0.311 e. The van der Waals surface area contributed by atoms with E-state index in [1.165, 1.54) is 24.3 Å². The van der Waals surface area contributed by atoms with E-state index in [0.29, 0.717) is 17.7 Å². The van der Waals surface area contributed by atoms with Crippen LogP contribution in [0.1, 0.15) is 29.7 Å². The SMILES string of the molecule is Cc1cnc(CNCC2CCSCC2)c(C)c1[N+](=O)[O-]. The fourth-order valence-corrected chi connectivity index (χ4v) is 3.77. The van der Waals surface area contributed by atoms with E-state index >= 15 is 0 Å². The van der Waals surface area contributed by atoms with E-state index in [9.17, 15) is 10.1 Å². The van der Waals surface area contributed by atoms with Crippen LogP contribution in [0, 0.1) is 29.9 Å². The van der Waals surface area contributed by atoms with Gasteiger partial charge < -0.3 is 5.32 Å². The number of aryl methyl sites for hydroxylation is 1. The summed E-state index contributed by atoms with van der Waals surface area (Å²) in [7, 11) is 0. The Morgan fingerprint density at radius 3 is 2.80 bits per heavy atom. The minimum Gasteiger partial charge on any atom is -0.311 e. The average molecular weight is 295 g/mol. The van der Waals surface area contributed by atoms with Gasteiger partial charge in [-0.05, 0) is 50.7 Å². The molecule has 20 heavy (non-hydrogen) atoms. The van der Waals surface area contributed by atoms with Crippen molar-refractivity contribution in [3.63, 3.8) is 0 Å². The van der Waals surface area contributed by atoms with Crippen LogP contribution >= 0.6 is 11.8 Å². The molecule has 110 valence electrons. The highest BCUT2D eigenvalue weighted by molar-refractivity contribution is 7.99. The summed E-state index contributed by atoms with van der Waals surface area (Å²) < 4.78 is 0. The van der Waals surface area contributed by atoms with E-state index in [1.807, 2.05) is 11.8 Å². The highest BCUT2D eigenvalue weighted by Crippen LogP contribution is 2.24. The molecular formula is C14H21N3O2S. The van der Waals surface area contributed by atoms with Gasteiger partial charge in [-0.15, -0.1) is 0 Å². The van der Waals surface area contributed by atoms with E-state index in [1.54, 1.807) is 20.0 Å². The number of rotatable bonds is 5. The first kappa shape index (κ1) is 15.3. The smallest absolute Gasteiger partial charge is 0.278 e. The highest BCUT2D eigenvalue weighted by Gasteiger charge is 2.19. The molecule has 1 aromatic rings. The first-order valence-corrected chi connectivity index (χ1v) is 8.13. The zero-order valence-electron chi connectivity index (χ0n) is 12.0. The second-order valence-electron chi connectivity index (χ2n) is 5.31. The molecule has 0 saturated carbocycles. The number of hydrogen-bond donors (Lipinski definition) is 1. The molecule has 5 nitrogen and oxygen atoms in total. The minimum atomic E-state index is -0.311. The summed E-state index contributed by atoms with van der Waals surface area (Å²) in [6.45, 7) is 5.10. The van der Waals surface area contributed by atoms with Crippen LogP contribution in [-0.4, -0.2) is 28.0 Å². The van der Waals surface area contributed by atoms with Gasteiger partial charge in [-0.25, -0.2) is 0 Å². The second-order valence-corrected chi connectivity index (χ2v) is 6.53. The molecule has 0 aromatic carbocycles. The van der Waals surface area contributed by atoms with Crippen LogP contribution < -0.4 is 5.32 Å². The first-order valence-electron chi connectivity index (χ1n) is 6.97. The molecule has 1 saturated heterocycles. The molecule has 0 amide bonds. The monoisotopic (exact) mass is 295 g/mol. The number of thioether (sulfide) groups is 1. The van der Waals surface area contributed by atoms with Crippen LogP contribution in [0.15, 0.2) is 6.20 Å². The van der Waals surface area contributed by atoms with Crippen molar-refractivity contribution in [3.05, 3.63) is 33.1 Å². The van der Waals surface area contributed by atoms with Gasteiger partial charge in [-0.1, -0.05) is 0 Å². The maximum absolute atomic E-state index is 11.1. The lowest BCUT2D eigenvalue weighted by molar-refractivity contribution is -0.386. The number of pyridine rings is 1. The average Bonchev–Trinajstić information content (AvgIpc) is 2.42. The summed E-state index contributed by atoms with van der Waals surface area (Å²) in [6.07, 6.45) is 4.12. The van der Waals surface area contributed by atoms with Crippen LogP contribution in [0.3, 0.4) is 0 Å². The Morgan fingerprint density at radius 2 is 2.15 bits per heavy atom. The molecule has 1 aliphatic rings. The molecule has 2 heterocycles. The normalized spacial score (nSPS) is 16.3. The molecule has 2 rings (SSSR count). The summed E-state index contributed by atoms with van der Waals surface area (Å²) in [6, 6.07) is 0. The van der Waals surface area contributed by atoms with Crippen molar-refractivity contribution in [2.24, 2.45) is 5.92 Å². The summed E-state index contributed by atoms with van der Waals surface area (Å²) in [4.78, 5) is 15.1. The number of nitrogens with one attached hydrogen (secondary N) is 1. The van der Waals surface area contributed by atoms with Gasteiger partial charge in [0.15, 0.2) is 0 Å². The first-order chi connectivity index (χ1) is 9.59. The fourth-order valence-electron chi connectivity index (χ4n) is 2.57. The van der Waals surface area contributed by atoms with Gasteiger partial charge in [0.2, 0.25) is 0 Å². The summed E-state index contributed by atoms with van der Waals surface area (Å²) >= 11 is 2.02. The predicted octanol–water partition coefficient (Wildman–Crippen LogP) is 2.84. The molecule has 0 aliphatic carbocycles. The predicted molar refractivity (Wildman–Crippen MR) is 82.1 cm³/mol. The molecule has 1 N–H and O–H groups in total. The second kappa shape index (κ2) is 7.04. The number of nitro groups is 1. The van der Waals surface area contributed by atoms with Gasteiger partial charge in [0.05, 0.1) is 10.6 Å². The van der Waals surface area contributed by atoms with Gasteiger partial charge >= 0.3 is 0 Å². The number of nitrogens with zero attached hydrogens (tertiary/aromatic N) is 2. The molecule has 0 unspecified atom stereocenters. The third-order valence-electron chi connectivity index (χ3n) is 3.82. The zero-order chi connectivity index (χ0) is 14.5. The Bertz CT molecular complexity index is 488. The van der Waals surface area contributed by atoms with Crippen LogP contribution in [-0.2, 0) is 6.54 Å². The third-order valence-corrected chi connectivity index (χ3v) is 4.87.